The average molecular weight is 486 g/mol. The van der Waals surface area contributed by atoms with E-state index in [-0.39, 0.29) is 35.1 Å². The third-order valence-electron chi connectivity index (χ3n) is 4.68. The highest BCUT2D eigenvalue weighted by Crippen LogP contribution is 2.38. The largest absolute Gasteiger partial charge is 0.493 e. The molecule has 6 nitrogen and oxygen atoms in total. The van der Waals surface area contributed by atoms with Gasteiger partial charge in [-0.3, -0.25) is 4.79 Å². The maximum Gasteiger partial charge on any atom is 0.363 e. The second-order valence-corrected chi connectivity index (χ2v) is 8.88. The first-order chi connectivity index (χ1) is 14.6. The summed E-state index contributed by atoms with van der Waals surface area (Å²) in [6.07, 6.45) is 1.83. The average Bonchev–Trinajstić information content (AvgIpc) is 3.09. The van der Waals surface area contributed by atoms with Crippen molar-refractivity contribution in [3.05, 3.63) is 63.3 Å². The third-order valence-corrected chi connectivity index (χ3v) is 5.27. The summed E-state index contributed by atoms with van der Waals surface area (Å²) in [5.41, 5.74) is 2.74. The number of ether oxygens (including phenoxy) is 3. The predicted molar refractivity (Wildman–Crippen MR) is 122 cm³/mol. The minimum atomic E-state index is -0.536. The van der Waals surface area contributed by atoms with Crippen molar-refractivity contribution in [2.75, 3.05) is 7.11 Å². The van der Waals surface area contributed by atoms with E-state index in [2.05, 4.69) is 41.7 Å². The van der Waals surface area contributed by atoms with E-state index in [4.69, 9.17) is 14.2 Å². The molecule has 0 aliphatic carbocycles. The Morgan fingerprint density at radius 2 is 1.87 bits per heavy atom. The number of esters is 2. The molecule has 2 aromatic rings. The molecule has 162 valence electrons. The van der Waals surface area contributed by atoms with E-state index in [1.165, 1.54) is 12.7 Å². The molecule has 0 unspecified atom stereocenters. The van der Waals surface area contributed by atoms with Gasteiger partial charge in [-0.1, -0.05) is 39.8 Å². The highest BCUT2D eigenvalue weighted by atomic mass is 79.9. The number of methoxy groups -OCH3 is 1. The first-order valence-electron chi connectivity index (χ1n) is 9.84. The van der Waals surface area contributed by atoms with Gasteiger partial charge in [0.2, 0.25) is 5.90 Å². The third kappa shape index (κ3) is 5.22. The number of benzene rings is 2. The Hall–Kier alpha value is -2.93. The predicted octanol–water partition coefficient (Wildman–Crippen LogP) is 5.42. The van der Waals surface area contributed by atoms with E-state index in [0.29, 0.717) is 15.8 Å². The van der Waals surface area contributed by atoms with Crippen LogP contribution in [0.4, 0.5) is 0 Å². The van der Waals surface area contributed by atoms with Gasteiger partial charge in [0.15, 0.2) is 17.2 Å². The number of hydrogen-bond donors (Lipinski definition) is 0. The molecule has 1 aliphatic rings. The molecule has 7 heteroatoms. The van der Waals surface area contributed by atoms with Gasteiger partial charge in [0.25, 0.3) is 0 Å². The second kappa shape index (κ2) is 9.06. The topological polar surface area (TPSA) is 74.2 Å². The summed E-state index contributed by atoms with van der Waals surface area (Å²) in [5.74, 6) is -0.0103. The molecular formula is C24H24BrNO5. The maximum atomic E-state index is 12.4. The Morgan fingerprint density at radius 1 is 1.19 bits per heavy atom. The number of nitrogens with zero attached hydrogens (tertiary/aromatic N) is 1. The zero-order valence-electron chi connectivity index (χ0n) is 18.1. The van der Waals surface area contributed by atoms with E-state index in [1.54, 1.807) is 25.1 Å². The van der Waals surface area contributed by atoms with Crippen LogP contribution in [0, 0.1) is 0 Å². The van der Waals surface area contributed by atoms with Crippen molar-refractivity contribution in [2.45, 2.75) is 39.5 Å². The lowest BCUT2D eigenvalue weighted by Crippen LogP contribution is -2.11. The van der Waals surface area contributed by atoms with Crippen LogP contribution in [0.5, 0.6) is 11.5 Å². The van der Waals surface area contributed by atoms with Crippen LogP contribution >= 0.6 is 15.9 Å². The summed E-state index contributed by atoms with van der Waals surface area (Å²) in [4.78, 5) is 28.4. The van der Waals surface area contributed by atoms with Gasteiger partial charge >= 0.3 is 11.9 Å². The number of carbonyl (C=O) groups excluding carboxylic acids is 2. The van der Waals surface area contributed by atoms with Crippen LogP contribution in [0.25, 0.3) is 6.08 Å². The van der Waals surface area contributed by atoms with Crippen LogP contribution in [0.3, 0.4) is 0 Å². The molecule has 0 fully saturated rings. The highest BCUT2D eigenvalue weighted by molar-refractivity contribution is 9.10. The summed E-state index contributed by atoms with van der Waals surface area (Å²) in [6, 6.07) is 11.2. The molecule has 0 N–H and O–H groups in total. The lowest BCUT2D eigenvalue weighted by molar-refractivity contribution is -0.134. The van der Waals surface area contributed by atoms with Gasteiger partial charge in [-0.05, 0) is 62.8 Å². The van der Waals surface area contributed by atoms with Crippen molar-refractivity contribution in [1.29, 1.82) is 0 Å². The zero-order chi connectivity index (χ0) is 22.8. The first kappa shape index (κ1) is 22.7. The summed E-state index contributed by atoms with van der Waals surface area (Å²) >= 11 is 3.39. The number of aliphatic imine (C=N–C) groups is 1. The molecule has 0 spiro atoms. The summed E-state index contributed by atoms with van der Waals surface area (Å²) in [6.45, 7) is 8.12. The number of halogens is 1. The van der Waals surface area contributed by atoms with Crippen molar-refractivity contribution >= 4 is 39.8 Å². The van der Waals surface area contributed by atoms with E-state index in [1.807, 2.05) is 24.3 Å². The molecule has 0 radical (unpaired) electrons. The van der Waals surface area contributed by atoms with Crippen LogP contribution in [0.1, 0.15) is 50.8 Å². The molecule has 0 saturated heterocycles. The van der Waals surface area contributed by atoms with Gasteiger partial charge in [0.05, 0.1) is 11.6 Å². The quantitative estimate of drug-likeness (QED) is 0.321. The van der Waals surface area contributed by atoms with E-state index in [0.717, 1.165) is 5.56 Å². The first-order valence-corrected chi connectivity index (χ1v) is 10.6. The Morgan fingerprint density at radius 3 is 2.45 bits per heavy atom. The van der Waals surface area contributed by atoms with E-state index >= 15 is 0 Å². The van der Waals surface area contributed by atoms with Crippen molar-refractivity contribution in [3.8, 4) is 11.5 Å². The molecule has 0 bridgehead atoms. The fourth-order valence-electron chi connectivity index (χ4n) is 2.91. The zero-order valence-corrected chi connectivity index (χ0v) is 19.7. The summed E-state index contributed by atoms with van der Waals surface area (Å²) < 4.78 is 16.6. The molecule has 31 heavy (non-hydrogen) atoms. The van der Waals surface area contributed by atoms with Crippen LogP contribution in [-0.2, 0) is 19.7 Å². The van der Waals surface area contributed by atoms with Crippen LogP contribution < -0.4 is 9.47 Å². The fraction of sp³-hybridized carbons (Fsp3) is 0.292. The Kier molecular flexibility index (Phi) is 6.65. The lowest BCUT2D eigenvalue weighted by atomic mass is 9.87. The van der Waals surface area contributed by atoms with E-state index < -0.39 is 5.97 Å². The Bertz CT molecular complexity index is 1080. The van der Waals surface area contributed by atoms with Gasteiger partial charge < -0.3 is 14.2 Å². The molecule has 0 aromatic heterocycles. The normalized spacial score (nSPS) is 15.0. The number of hydrogen-bond acceptors (Lipinski definition) is 6. The second-order valence-electron chi connectivity index (χ2n) is 8.03. The molecular weight excluding hydrogens is 462 g/mol. The minimum absolute atomic E-state index is 0.0296. The van der Waals surface area contributed by atoms with E-state index in [9.17, 15) is 9.59 Å². The van der Waals surface area contributed by atoms with Gasteiger partial charge in [-0.15, -0.1) is 0 Å². The SMILES string of the molecule is CCC(=O)Oc1c(Br)cc(/C=C2\N=C(c3ccc(C(C)(C)C)cc3)OC2=O)cc1OC. The highest BCUT2D eigenvalue weighted by Gasteiger charge is 2.25. The standard InChI is InChI=1S/C24H24BrNO5/c1-6-20(27)30-21-17(25)11-14(13-19(21)29-5)12-18-23(28)31-22(26-18)15-7-9-16(10-8-15)24(2,3)4/h7-13H,6H2,1-5H3/b18-12-. The van der Waals surface area contributed by atoms with Gasteiger partial charge in [0, 0.05) is 12.0 Å². The monoisotopic (exact) mass is 485 g/mol. The number of carbonyl (C=O) groups is 2. The smallest absolute Gasteiger partial charge is 0.363 e. The van der Waals surface area contributed by atoms with Crippen molar-refractivity contribution < 1.29 is 23.8 Å². The fourth-order valence-corrected chi connectivity index (χ4v) is 3.45. The maximum absolute atomic E-state index is 12.4. The Balaban J connectivity index is 1.91. The minimum Gasteiger partial charge on any atom is -0.493 e. The molecule has 1 heterocycles. The molecule has 3 rings (SSSR count). The molecule has 1 aliphatic heterocycles. The van der Waals surface area contributed by atoms with Crippen molar-refractivity contribution in [2.24, 2.45) is 4.99 Å². The van der Waals surface area contributed by atoms with Crippen LogP contribution in [-0.4, -0.2) is 24.9 Å². The van der Waals surface area contributed by atoms with Gasteiger partial charge in [-0.25, -0.2) is 9.79 Å². The summed E-state index contributed by atoms with van der Waals surface area (Å²) in [7, 11) is 1.48. The Labute approximate surface area is 190 Å². The van der Waals surface area contributed by atoms with Gasteiger partial charge in [0.1, 0.15) is 0 Å². The van der Waals surface area contributed by atoms with Crippen LogP contribution in [0.15, 0.2) is 51.6 Å². The molecule has 0 saturated carbocycles. The molecule has 0 amide bonds. The molecule has 0 atom stereocenters. The van der Waals surface area contributed by atoms with Gasteiger partial charge in [-0.2, -0.15) is 0 Å². The van der Waals surface area contributed by atoms with Crippen LogP contribution in [0.2, 0.25) is 0 Å². The summed E-state index contributed by atoms with van der Waals surface area (Å²) in [5, 5.41) is 0. The van der Waals surface area contributed by atoms with Crippen molar-refractivity contribution in [1.82, 2.24) is 0 Å². The number of cyclic esters (lactones) is 1. The number of rotatable bonds is 5. The molecule has 2 aromatic carbocycles. The lowest BCUT2D eigenvalue weighted by Gasteiger charge is -2.18. The van der Waals surface area contributed by atoms with Crippen molar-refractivity contribution in [3.63, 3.8) is 0 Å².